The van der Waals surface area contributed by atoms with Gasteiger partial charge in [-0.3, -0.25) is 9.69 Å². The lowest BCUT2D eigenvalue weighted by molar-refractivity contribution is -0.274. The van der Waals surface area contributed by atoms with Crippen LogP contribution in [0.15, 0.2) is 58.4 Å². The summed E-state index contributed by atoms with van der Waals surface area (Å²) in [6, 6.07) is 8.72. The summed E-state index contributed by atoms with van der Waals surface area (Å²) in [4.78, 5) is 14.1. The molecule has 1 aromatic heterocycles. The molecule has 2 aromatic rings. The van der Waals surface area contributed by atoms with E-state index < -0.39 is 6.36 Å². The molecular weight excluding hydrogens is 399 g/mol. The average Bonchev–Trinajstić information content (AvgIpc) is 3.15. The Balaban J connectivity index is 1.88. The topological polar surface area (TPSA) is 42.7 Å². The van der Waals surface area contributed by atoms with Crippen molar-refractivity contribution in [3.63, 3.8) is 0 Å². The first-order valence-electron chi connectivity index (χ1n) is 7.60. The number of thioether (sulfide) groups is 1. The van der Waals surface area contributed by atoms with Crippen LogP contribution in [-0.4, -0.2) is 28.0 Å². The van der Waals surface area contributed by atoms with Crippen LogP contribution in [0.25, 0.3) is 17.4 Å². The molecule has 1 aliphatic rings. The van der Waals surface area contributed by atoms with Crippen LogP contribution in [-0.2, 0) is 4.79 Å². The van der Waals surface area contributed by atoms with Crippen LogP contribution in [0.1, 0.15) is 5.76 Å². The van der Waals surface area contributed by atoms with Crippen LogP contribution < -0.4 is 4.74 Å². The van der Waals surface area contributed by atoms with Crippen molar-refractivity contribution < 1.29 is 27.1 Å². The third-order valence-electron chi connectivity index (χ3n) is 3.46. The molecule has 4 nitrogen and oxygen atoms in total. The molecule has 0 bridgehead atoms. The van der Waals surface area contributed by atoms with Crippen LogP contribution in [0.2, 0.25) is 0 Å². The molecule has 0 aliphatic carbocycles. The maximum Gasteiger partial charge on any atom is 0.573 e. The minimum Gasteiger partial charge on any atom is -0.457 e. The second kappa shape index (κ2) is 7.61. The van der Waals surface area contributed by atoms with E-state index in [1.807, 2.05) is 0 Å². The first-order valence-corrected chi connectivity index (χ1v) is 8.82. The third kappa shape index (κ3) is 4.42. The number of thiocarbonyl (C=S) groups is 1. The fourth-order valence-corrected chi connectivity index (χ4v) is 3.63. The van der Waals surface area contributed by atoms with Gasteiger partial charge in [-0.1, -0.05) is 42.2 Å². The highest BCUT2D eigenvalue weighted by atomic mass is 32.2. The van der Waals surface area contributed by atoms with Gasteiger partial charge in [0.1, 0.15) is 21.6 Å². The molecule has 1 aliphatic heterocycles. The van der Waals surface area contributed by atoms with E-state index in [4.69, 9.17) is 16.6 Å². The maximum absolute atomic E-state index is 12.6. The van der Waals surface area contributed by atoms with Gasteiger partial charge in [-0.25, -0.2) is 0 Å². The summed E-state index contributed by atoms with van der Waals surface area (Å²) in [6.45, 7) is 3.88. The number of halogens is 3. The third-order valence-corrected chi connectivity index (χ3v) is 4.84. The first kappa shape index (κ1) is 19.2. The van der Waals surface area contributed by atoms with Gasteiger partial charge < -0.3 is 9.15 Å². The lowest BCUT2D eigenvalue weighted by atomic mass is 10.1. The van der Waals surface area contributed by atoms with E-state index in [0.717, 1.165) is 11.8 Å². The van der Waals surface area contributed by atoms with Crippen LogP contribution in [0.4, 0.5) is 13.2 Å². The number of alkyl halides is 3. The number of furan rings is 1. The predicted molar refractivity (Wildman–Crippen MR) is 101 cm³/mol. The number of benzene rings is 1. The summed E-state index contributed by atoms with van der Waals surface area (Å²) in [5.74, 6) is -0.152. The van der Waals surface area contributed by atoms with Crippen molar-refractivity contribution in [2.24, 2.45) is 0 Å². The summed E-state index contributed by atoms with van der Waals surface area (Å²) in [5.41, 5.74) is 0.147. The van der Waals surface area contributed by atoms with Gasteiger partial charge in [0.05, 0.1) is 10.5 Å². The Morgan fingerprint density at radius 1 is 1.26 bits per heavy atom. The fourth-order valence-electron chi connectivity index (χ4n) is 2.37. The Morgan fingerprint density at radius 3 is 2.70 bits per heavy atom. The van der Waals surface area contributed by atoms with Crippen molar-refractivity contribution in [2.75, 3.05) is 6.54 Å². The van der Waals surface area contributed by atoms with Gasteiger partial charge in [0.25, 0.3) is 5.91 Å². The SMILES string of the molecule is C=CCN1C(=O)/C(=C/c2ccc(-c3ccccc3OC(F)(F)F)o2)SC1=S. The Bertz CT molecular complexity index is 934. The number of hydrogen-bond donors (Lipinski definition) is 0. The molecule has 3 rings (SSSR count). The van der Waals surface area contributed by atoms with Gasteiger partial charge in [-0.2, -0.15) is 0 Å². The van der Waals surface area contributed by atoms with Crippen LogP contribution >= 0.6 is 24.0 Å². The minimum atomic E-state index is -4.81. The highest BCUT2D eigenvalue weighted by Crippen LogP contribution is 2.36. The molecular formula is C18H12F3NO3S2. The second-order valence-electron chi connectivity index (χ2n) is 5.33. The Kier molecular flexibility index (Phi) is 5.43. The summed E-state index contributed by atoms with van der Waals surface area (Å²) in [7, 11) is 0. The Hall–Kier alpha value is -2.52. The fraction of sp³-hybridized carbons (Fsp3) is 0.111. The first-order chi connectivity index (χ1) is 12.8. The van der Waals surface area contributed by atoms with E-state index in [-0.39, 0.29) is 23.0 Å². The molecule has 0 radical (unpaired) electrons. The van der Waals surface area contributed by atoms with E-state index in [1.54, 1.807) is 18.2 Å². The number of para-hydroxylation sites is 1. The van der Waals surface area contributed by atoms with Crippen LogP contribution in [0, 0.1) is 0 Å². The lowest BCUT2D eigenvalue weighted by Gasteiger charge is -2.11. The molecule has 9 heteroatoms. The van der Waals surface area contributed by atoms with Crippen molar-refractivity contribution >= 4 is 40.3 Å². The number of hydrogen-bond acceptors (Lipinski definition) is 5. The highest BCUT2D eigenvalue weighted by Gasteiger charge is 2.33. The van der Waals surface area contributed by atoms with Gasteiger partial charge in [-0.05, 0) is 24.3 Å². The number of carbonyl (C=O) groups excluding carboxylic acids is 1. The quantitative estimate of drug-likeness (QED) is 0.383. The molecule has 0 atom stereocenters. The van der Waals surface area contributed by atoms with Crippen molar-refractivity contribution in [3.05, 3.63) is 59.7 Å². The molecule has 0 unspecified atom stereocenters. The monoisotopic (exact) mass is 411 g/mol. The normalized spacial score (nSPS) is 16.3. The van der Waals surface area contributed by atoms with E-state index >= 15 is 0 Å². The van der Waals surface area contributed by atoms with E-state index in [9.17, 15) is 18.0 Å². The number of rotatable bonds is 5. The average molecular weight is 411 g/mol. The van der Waals surface area contributed by atoms with Gasteiger partial charge in [0.2, 0.25) is 0 Å². The second-order valence-corrected chi connectivity index (χ2v) is 7.00. The van der Waals surface area contributed by atoms with Crippen molar-refractivity contribution in [1.82, 2.24) is 4.90 Å². The summed E-state index contributed by atoms with van der Waals surface area (Å²) >= 11 is 6.27. The highest BCUT2D eigenvalue weighted by molar-refractivity contribution is 8.26. The zero-order chi connectivity index (χ0) is 19.6. The van der Waals surface area contributed by atoms with E-state index in [0.29, 0.717) is 21.5 Å². The molecule has 27 heavy (non-hydrogen) atoms. The molecule has 1 fully saturated rings. The molecule has 2 heterocycles. The van der Waals surface area contributed by atoms with Crippen LogP contribution in [0.5, 0.6) is 5.75 Å². The molecule has 140 valence electrons. The van der Waals surface area contributed by atoms with Gasteiger partial charge in [0, 0.05) is 12.6 Å². The molecule has 1 aromatic carbocycles. The van der Waals surface area contributed by atoms with Crippen molar-refractivity contribution in [3.8, 4) is 17.1 Å². The number of amides is 1. The van der Waals surface area contributed by atoms with E-state index in [2.05, 4.69) is 11.3 Å². The van der Waals surface area contributed by atoms with Crippen molar-refractivity contribution in [1.29, 1.82) is 0 Å². The van der Waals surface area contributed by atoms with E-state index in [1.165, 1.54) is 35.2 Å². The largest absolute Gasteiger partial charge is 0.573 e. The molecule has 0 spiro atoms. The van der Waals surface area contributed by atoms with Crippen molar-refractivity contribution in [2.45, 2.75) is 6.36 Å². The van der Waals surface area contributed by atoms with Gasteiger partial charge in [-0.15, -0.1) is 19.8 Å². The Labute approximate surface area is 162 Å². The lowest BCUT2D eigenvalue weighted by Crippen LogP contribution is -2.27. The van der Waals surface area contributed by atoms with Crippen LogP contribution in [0.3, 0.4) is 0 Å². The Morgan fingerprint density at radius 2 is 2.00 bits per heavy atom. The number of ether oxygens (including phenoxy) is 1. The number of nitrogens with zero attached hydrogens (tertiary/aromatic N) is 1. The summed E-state index contributed by atoms with van der Waals surface area (Å²) in [6.07, 6.45) is -1.75. The molecule has 1 amide bonds. The number of carbonyl (C=O) groups is 1. The summed E-state index contributed by atoms with van der Waals surface area (Å²) in [5, 5.41) is 0. The smallest absolute Gasteiger partial charge is 0.457 e. The minimum absolute atomic E-state index is 0.147. The zero-order valence-electron chi connectivity index (χ0n) is 13.7. The maximum atomic E-state index is 12.6. The standard InChI is InChI=1S/C18H12F3NO3S2/c1-2-9-22-16(23)15(27-17(22)26)10-11-7-8-13(24-11)12-5-3-4-6-14(12)25-18(19,20)21/h2-8,10H,1,9H2/b15-10-. The zero-order valence-corrected chi connectivity index (χ0v) is 15.3. The van der Waals surface area contributed by atoms with Gasteiger partial charge >= 0.3 is 6.36 Å². The molecule has 1 saturated heterocycles. The molecule has 0 N–H and O–H groups in total. The van der Waals surface area contributed by atoms with Gasteiger partial charge in [0.15, 0.2) is 0 Å². The molecule has 0 saturated carbocycles. The summed E-state index contributed by atoms with van der Waals surface area (Å²) < 4.78 is 47.7. The predicted octanol–water partition coefficient (Wildman–Crippen LogP) is 5.23.